The lowest BCUT2D eigenvalue weighted by molar-refractivity contribution is 0.411. The molecule has 1 atom stereocenters. The summed E-state index contributed by atoms with van der Waals surface area (Å²) in [7, 11) is 0. The second-order valence-corrected chi connectivity index (χ2v) is 5.29. The summed E-state index contributed by atoms with van der Waals surface area (Å²) in [6.07, 6.45) is 3.88. The highest BCUT2D eigenvalue weighted by Crippen LogP contribution is 2.33. The van der Waals surface area contributed by atoms with Crippen LogP contribution in [0.4, 0.5) is 0 Å². The van der Waals surface area contributed by atoms with Crippen molar-refractivity contribution in [1.29, 1.82) is 0 Å². The minimum Gasteiger partial charge on any atom is -0.310 e. The molecular formula is C11H13Br2N. The number of halogens is 2. The van der Waals surface area contributed by atoms with Gasteiger partial charge in [0.05, 0.1) is 0 Å². The van der Waals surface area contributed by atoms with Crippen molar-refractivity contribution in [2.24, 2.45) is 0 Å². The summed E-state index contributed by atoms with van der Waals surface area (Å²) < 4.78 is 2.33. The third kappa shape index (κ3) is 2.20. The molecule has 0 saturated carbocycles. The quantitative estimate of drug-likeness (QED) is 0.824. The van der Waals surface area contributed by atoms with Crippen LogP contribution in [0.25, 0.3) is 0 Å². The summed E-state index contributed by atoms with van der Waals surface area (Å²) in [5, 5.41) is 3.55. The van der Waals surface area contributed by atoms with Crippen molar-refractivity contribution in [2.45, 2.75) is 25.3 Å². The molecule has 0 spiro atoms. The molecule has 14 heavy (non-hydrogen) atoms. The van der Waals surface area contributed by atoms with Gasteiger partial charge in [-0.05, 0) is 62.9 Å². The van der Waals surface area contributed by atoms with Crippen LogP contribution in [0.1, 0.15) is 30.9 Å². The molecule has 76 valence electrons. The van der Waals surface area contributed by atoms with Crippen molar-refractivity contribution in [3.05, 3.63) is 32.7 Å². The smallest absolute Gasteiger partial charge is 0.0365 e. The van der Waals surface area contributed by atoms with Crippen LogP contribution in [0.3, 0.4) is 0 Å². The van der Waals surface area contributed by atoms with Crippen LogP contribution in [0.2, 0.25) is 0 Å². The molecule has 1 aromatic rings. The molecule has 0 radical (unpaired) electrons. The van der Waals surface area contributed by atoms with Crippen LogP contribution in [0.5, 0.6) is 0 Å². The first-order chi connectivity index (χ1) is 6.79. The molecule has 2 rings (SSSR count). The maximum absolute atomic E-state index is 3.63. The summed E-state index contributed by atoms with van der Waals surface area (Å²) in [5.41, 5.74) is 1.37. The van der Waals surface area contributed by atoms with Crippen molar-refractivity contribution < 1.29 is 0 Å². The minimum atomic E-state index is 0.524. The first-order valence-electron chi connectivity index (χ1n) is 4.96. The Morgan fingerprint density at radius 1 is 1.21 bits per heavy atom. The second-order valence-electron chi connectivity index (χ2n) is 3.65. The summed E-state index contributed by atoms with van der Waals surface area (Å²) in [4.78, 5) is 0. The highest BCUT2D eigenvalue weighted by atomic mass is 79.9. The van der Waals surface area contributed by atoms with E-state index in [-0.39, 0.29) is 0 Å². The van der Waals surface area contributed by atoms with Crippen LogP contribution in [0.15, 0.2) is 27.1 Å². The highest BCUT2D eigenvalue weighted by molar-refractivity contribution is 9.13. The van der Waals surface area contributed by atoms with Gasteiger partial charge in [-0.1, -0.05) is 18.6 Å². The third-order valence-corrected chi connectivity index (χ3v) is 4.75. The van der Waals surface area contributed by atoms with Gasteiger partial charge in [0.15, 0.2) is 0 Å². The highest BCUT2D eigenvalue weighted by Gasteiger charge is 2.17. The minimum absolute atomic E-state index is 0.524. The van der Waals surface area contributed by atoms with Crippen LogP contribution in [0, 0.1) is 0 Å². The molecule has 0 aliphatic carbocycles. The largest absolute Gasteiger partial charge is 0.310 e. The summed E-state index contributed by atoms with van der Waals surface area (Å²) in [5.74, 6) is 0. The standard InChI is InChI=1S/C11H13Br2N/c12-9-5-3-4-8(11(9)13)10-6-1-2-7-14-10/h3-5,10,14H,1-2,6-7H2/t10-/m1/s1. The Morgan fingerprint density at radius 3 is 2.79 bits per heavy atom. The Kier molecular flexibility index (Phi) is 3.63. The Bertz CT molecular complexity index is 319. The van der Waals surface area contributed by atoms with Gasteiger partial charge >= 0.3 is 0 Å². The van der Waals surface area contributed by atoms with E-state index in [0.29, 0.717) is 6.04 Å². The van der Waals surface area contributed by atoms with E-state index >= 15 is 0 Å². The number of rotatable bonds is 1. The molecule has 0 unspecified atom stereocenters. The Hall–Kier alpha value is 0.140. The predicted molar refractivity (Wildman–Crippen MR) is 66.4 cm³/mol. The van der Waals surface area contributed by atoms with Crippen LogP contribution in [-0.2, 0) is 0 Å². The van der Waals surface area contributed by atoms with E-state index in [0.717, 1.165) is 11.0 Å². The topological polar surface area (TPSA) is 12.0 Å². The normalized spacial score (nSPS) is 22.3. The first-order valence-corrected chi connectivity index (χ1v) is 6.55. The van der Waals surface area contributed by atoms with Gasteiger partial charge in [-0.25, -0.2) is 0 Å². The van der Waals surface area contributed by atoms with E-state index in [4.69, 9.17) is 0 Å². The third-order valence-electron chi connectivity index (χ3n) is 2.67. The number of benzene rings is 1. The van der Waals surface area contributed by atoms with Gasteiger partial charge in [0.25, 0.3) is 0 Å². The Labute approximate surface area is 102 Å². The molecule has 0 bridgehead atoms. The fourth-order valence-electron chi connectivity index (χ4n) is 1.91. The summed E-state index contributed by atoms with van der Waals surface area (Å²) in [6.45, 7) is 1.14. The molecule has 1 N–H and O–H groups in total. The van der Waals surface area contributed by atoms with E-state index in [1.165, 1.54) is 29.3 Å². The van der Waals surface area contributed by atoms with Gasteiger partial charge in [-0.15, -0.1) is 0 Å². The molecule has 1 aromatic carbocycles. The van der Waals surface area contributed by atoms with E-state index in [1.54, 1.807) is 0 Å². The van der Waals surface area contributed by atoms with Gasteiger partial charge < -0.3 is 5.32 Å². The van der Waals surface area contributed by atoms with Crippen molar-refractivity contribution in [3.8, 4) is 0 Å². The average Bonchev–Trinajstić information content (AvgIpc) is 2.23. The van der Waals surface area contributed by atoms with E-state index in [9.17, 15) is 0 Å². The zero-order valence-electron chi connectivity index (χ0n) is 7.89. The fourth-order valence-corrected chi connectivity index (χ4v) is 2.83. The van der Waals surface area contributed by atoms with Crippen LogP contribution >= 0.6 is 31.9 Å². The van der Waals surface area contributed by atoms with Gasteiger partial charge in [0.1, 0.15) is 0 Å². The maximum Gasteiger partial charge on any atom is 0.0365 e. The monoisotopic (exact) mass is 317 g/mol. The maximum atomic E-state index is 3.63. The van der Waals surface area contributed by atoms with Crippen molar-refractivity contribution in [1.82, 2.24) is 5.32 Å². The molecular weight excluding hydrogens is 306 g/mol. The Balaban J connectivity index is 2.26. The van der Waals surface area contributed by atoms with Gasteiger partial charge in [0.2, 0.25) is 0 Å². The second kappa shape index (κ2) is 4.77. The Morgan fingerprint density at radius 2 is 2.07 bits per heavy atom. The fraction of sp³-hybridized carbons (Fsp3) is 0.455. The van der Waals surface area contributed by atoms with Crippen LogP contribution < -0.4 is 5.32 Å². The zero-order valence-corrected chi connectivity index (χ0v) is 11.1. The zero-order chi connectivity index (χ0) is 9.97. The summed E-state index contributed by atoms with van der Waals surface area (Å²) in [6, 6.07) is 6.88. The first kappa shape index (κ1) is 10.7. The molecule has 0 amide bonds. The number of hydrogen-bond donors (Lipinski definition) is 1. The van der Waals surface area contributed by atoms with Gasteiger partial charge in [0, 0.05) is 15.0 Å². The molecule has 1 fully saturated rings. The molecule has 3 heteroatoms. The molecule has 1 aliphatic rings. The predicted octanol–water partition coefficient (Wildman–Crippen LogP) is 4.03. The summed E-state index contributed by atoms with van der Waals surface area (Å²) >= 11 is 7.17. The molecule has 1 saturated heterocycles. The molecule has 1 heterocycles. The van der Waals surface area contributed by atoms with Crippen molar-refractivity contribution in [2.75, 3.05) is 6.54 Å². The van der Waals surface area contributed by atoms with E-state index < -0.39 is 0 Å². The number of piperidine rings is 1. The molecule has 1 nitrogen and oxygen atoms in total. The van der Waals surface area contributed by atoms with Crippen molar-refractivity contribution >= 4 is 31.9 Å². The van der Waals surface area contributed by atoms with E-state index in [2.05, 4.69) is 55.4 Å². The van der Waals surface area contributed by atoms with E-state index in [1.807, 2.05) is 0 Å². The molecule has 0 aromatic heterocycles. The van der Waals surface area contributed by atoms with Crippen molar-refractivity contribution in [3.63, 3.8) is 0 Å². The van der Waals surface area contributed by atoms with Gasteiger partial charge in [-0.3, -0.25) is 0 Å². The van der Waals surface area contributed by atoms with Gasteiger partial charge in [-0.2, -0.15) is 0 Å². The number of hydrogen-bond acceptors (Lipinski definition) is 1. The lowest BCUT2D eigenvalue weighted by atomic mass is 9.98. The number of nitrogens with one attached hydrogen (secondary N) is 1. The van der Waals surface area contributed by atoms with Crippen LogP contribution in [-0.4, -0.2) is 6.54 Å². The average molecular weight is 319 g/mol. The molecule has 1 aliphatic heterocycles. The lowest BCUT2D eigenvalue weighted by Crippen LogP contribution is -2.27. The lowest BCUT2D eigenvalue weighted by Gasteiger charge is -2.25. The SMILES string of the molecule is Brc1cccc([C@H]2CCCCN2)c1Br.